The van der Waals surface area contributed by atoms with Crippen LogP contribution in [0.2, 0.25) is 0 Å². The zero-order valence-electron chi connectivity index (χ0n) is 10.1. The standard InChI is InChI=1S/C12H19NO3/c1-9-6-12(15)7-10(2)13(9)11(4-5-14)8-16-3/h6-7,11,14H,4-5,8H2,1-3H3. The summed E-state index contributed by atoms with van der Waals surface area (Å²) in [6, 6.07) is 3.29. The van der Waals surface area contributed by atoms with Crippen LogP contribution in [0.1, 0.15) is 23.9 Å². The van der Waals surface area contributed by atoms with Gasteiger partial charge in [-0.3, -0.25) is 4.79 Å². The Labute approximate surface area is 95.5 Å². The summed E-state index contributed by atoms with van der Waals surface area (Å²) in [6.45, 7) is 4.44. The molecule has 0 saturated carbocycles. The van der Waals surface area contributed by atoms with Gasteiger partial charge in [-0.15, -0.1) is 0 Å². The molecule has 1 rings (SSSR count). The number of methoxy groups -OCH3 is 1. The molecule has 1 heterocycles. The Morgan fingerprint density at radius 3 is 2.38 bits per heavy atom. The molecular weight excluding hydrogens is 206 g/mol. The predicted molar refractivity (Wildman–Crippen MR) is 62.8 cm³/mol. The molecule has 0 amide bonds. The molecule has 1 N–H and O–H groups in total. The van der Waals surface area contributed by atoms with Crippen molar-refractivity contribution in [1.29, 1.82) is 0 Å². The Balaban J connectivity index is 3.12. The first kappa shape index (κ1) is 12.9. The Morgan fingerprint density at radius 2 is 1.94 bits per heavy atom. The molecule has 0 bridgehead atoms. The molecule has 0 aromatic carbocycles. The van der Waals surface area contributed by atoms with Crippen LogP contribution in [-0.2, 0) is 4.74 Å². The Kier molecular flexibility index (Phi) is 4.71. The first-order chi connectivity index (χ1) is 7.60. The Hall–Kier alpha value is -1.13. The highest BCUT2D eigenvalue weighted by Gasteiger charge is 2.13. The number of aliphatic hydroxyl groups is 1. The van der Waals surface area contributed by atoms with Crippen LogP contribution < -0.4 is 5.43 Å². The number of pyridine rings is 1. The van der Waals surface area contributed by atoms with E-state index in [1.165, 1.54) is 0 Å². The molecule has 0 saturated heterocycles. The first-order valence-electron chi connectivity index (χ1n) is 5.39. The van der Waals surface area contributed by atoms with Crippen molar-refractivity contribution >= 4 is 0 Å². The van der Waals surface area contributed by atoms with Crippen LogP contribution in [0.15, 0.2) is 16.9 Å². The van der Waals surface area contributed by atoms with Gasteiger partial charge in [0.2, 0.25) is 0 Å². The maximum atomic E-state index is 11.3. The molecule has 16 heavy (non-hydrogen) atoms. The van der Waals surface area contributed by atoms with E-state index in [1.54, 1.807) is 19.2 Å². The largest absolute Gasteiger partial charge is 0.396 e. The van der Waals surface area contributed by atoms with Gasteiger partial charge in [0.15, 0.2) is 5.43 Å². The summed E-state index contributed by atoms with van der Waals surface area (Å²) in [7, 11) is 1.64. The molecule has 0 fully saturated rings. The molecule has 1 atom stereocenters. The zero-order valence-corrected chi connectivity index (χ0v) is 10.1. The number of nitrogens with zero attached hydrogens (tertiary/aromatic N) is 1. The number of rotatable bonds is 5. The van der Waals surface area contributed by atoms with Gasteiger partial charge in [-0.1, -0.05) is 0 Å². The van der Waals surface area contributed by atoms with Gasteiger partial charge < -0.3 is 14.4 Å². The van der Waals surface area contributed by atoms with Crippen LogP contribution in [0.25, 0.3) is 0 Å². The average molecular weight is 225 g/mol. The molecule has 0 aliphatic rings. The van der Waals surface area contributed by atoms with Gasteiger partial charge in [-0.2, -0.15) is 0 Å². The van der Waals surface area contributed by atoms with Crippen molar-refractivity contribution in [3.05, 3.63) is 33.7 Å². The number of aromatic nitrogens is 1. The molecule has 1 unspecified atom stereocenters. The fourth-order valence-electron chi connectivity index (χ4n) is 2.08. The normalized spacial score (nSPS) is 12.8. The lowest BCUT2D eigenvalue weighted by atomic mass is 10.1. The third-order valence-corrected chi connectivity index (χ3v) is 2.65. The Morgan fingerprint density at radius 1 is 1.38 bits per heavy atom. The van der Waals surface area contributed by atoms with Gasteiger partial charge in [-0.05, 0) is 20.3 Å². The molecule has 1 aromatic rings. The van der Waals surface area contributed by atoms with E-state index < -0.39 is 0 Å². The second-order valence-corrected chi connectivity index (χ2v) is 3.97. The number of aryl methyl sites for hydroxylation is 2. The van der Waals surface area contributed by atoms with E-state index in [4.69, 9.17) is 9.84 Å². The number of aliphatic hydroxyl groups excluding tert-OH is 1. The van der Waals surface area contributed by atoms with E-state index in [1.807, 2.05) is 18.4 Å². The van der Waals surface area contributed by atoms with E-state index in [-0.39, 0.29) is 18.1 Å². The van der Waals surface area contributed by atoms with Crippen molar-refractivity contribution in [2.24, 2.45) is 0 Å². The van der Waals surface area contributed by atoms with Crippen molar-refractivity contribution in [3.8, 4) is 0 Å². The number of hydrogen-bond donors (Lipinski definition) is 1. The number of hydrogen-bond acceptors (Lipinski definition) is 3. The summed E-state index contributed by atoms with van der Waals surface area (Å²) in [5.41, 5.74) is 1.83. The third-order valence-electron chi connectivity index (χ3n) is 2.65. The van der Waals surface area contributed by atoms with Gasteiger partial charge in [0.1, 0.15) is 0 Å². The molecule has 0 aliphatic heterocycles. The fraction of sp³-hybridized carbons (Fsp3) is 0.583. The van der Waals surface area contributed by atoms with Gasteiger partial charge in [0.05, 0.1) is 12.6 Å². The minimum absolute atomic E-state index is 0.0198. The van der Waals surface area contributed by atoms with E-state index in [9.17, 15) is 4.79 Å². The second-order valence-electron chi connectivity index (χ2n) is 3.97. The van der Waals surface area contributed by atoms with Gasteiger partial charge in [0, 0.05) is 37.2 Å². The minimum Gasteiger partial charge on any atom is -0.396 e. The molecule has 4 nitrogen and oxygen atoms in total. The maximum Gasteiger partial charge on any atom is 0.182 e. The molecular formula is C12H19NO3. The monoisotopic (exact) mass is 225 g/mol. The number of ether oxygens (including phenoxy) is 1. The van der Waals surface area contributed by atoms with Crippen LogP contribution in [0.4, 0.5) is 0 Å². The van der Waals surface area contributed by atoms with E-state index in [0.717, 1.165) is 11.4 Å². The smallest absolute Gasteiger partial charge is 0.182 e. The molecule has 4 heteroatoms. The molecule has 0 spiro atoms. The predicted octanol–water partition coefficient (Wildman–Crippen LogP) is 1.04. The first-order valence-corrected chi connectivity index (χ1v) is 5.39. The minimum atomic E-state index is 0.0198. The fourth-order valence-corrected chi connectivity index (χ4v) is 2.08. The summed E-state index contributed by atoms with van der Waals surface area (Å²) in [5.74, 6) is 0. The van der Waals surface area contributed by atoms with Crippen LogP contribution in [0, 0.1) is 13.8 Å². The highest BCUT2D eigenvalue weighted by Crippen LogP contribution is 2.16. The van der Waals surface area contributed by atoms with Gasteiger partial charge >= 0.3 is 0 Å². The van der Waals surface area contributed by atoms with Crippen molar-refractivity contribution in [3.63, 3.8) is 0 Å². The lowest BCUT2D eigenvalue weighted by molar-refractivity contribution is 0.134. The highest BCUT2D eigenvalue weighted by molar-refractivity contribution is 5.13. The highest BCUT2D eigenvalue weighted by atomic mass is 16.5. The molecule has 0 aliphatic carbocycles. The lowest BCUT2D eigenvalue weighted by Gasteiger charge is -2.24. The van der Waals surface area contributed by atoms with E-state index in [2.05, 4.69) is 0 Å². The summed E-state index contributed by atoms with van der Waals surface area (Å²) in [4.78, 5) is 11.3. The quantitative estimate of drug-likeness (QED) is 0.814. The van der Waals surface area contributed by atoms with Crippen molar-refractivity contribution < 1.29 is 9.84 Å². The molecule has 0 radical (unpaired) electrons. The third kappa shape index (κ3) is 2.93. The summed E-state index contributed by atoms with van der Waals surface area (Å²) in [5, 5.41) is 9.03. The summed E-state index contributed by atoms with van der Waals surface area (Å²) < 4.78 is 7.18. The molecule has 1 aromatic heterocycles. The van der Waals surface area contributed by atoms with Gasteiger partial charge in [-0.25, -0.2) is 0 Å². The Bertz CT molecular complexity index is 365. The van der Waals surface area contributed by atoms with Crippen LogP contribution in [0.5, 0.6) is 0 Å². The zero-order chi connectivity index (χ0) is 12.1. The van der Waals surface area contributed by atoms with Crippen molar-refractivity contribution in [2.45, 2.75) is 26.3 Å². The van der Waals surface area contributed by atoms with E-state index in [0.29, 0.717) is 13.0 Å². The average Bonchev–Trinajstić information content (AvgIpc) is 2.16. The van der Waals surface area contributed by atoms with Crippen LogP contribution in [-0.4, -0.2) is 30.0 Å². The molecule has 90 valence electrons. The topological polar surface area (TPSA) is 51.5 Å². The maximum absolute atomic E-state index is 11.3. The SMILES string of the molecule is COCC(CCO)n1c(C)cc(=O)cc1C. The van der Waals surface area contributed by atoms with E-state index >= 15 is 0 Å². The van der Waals surface area contributed by atoms with Crippen LogP contribution in [0.3, 0.4) is 0 Å². The van der Waals surface area contributed by atoms with Gasteiger partial charge in [0.25, 0.3) is 0 Å². The van der Waals surface area contributed by atoms with Crippen molar-refractivity contribution in [1.82, 2.24) is 4.57 Å². The van der Waals surface area contributed by atoms with Crippen LogP contribution >= 0.6 is 0 Å². The summed E-state index contributed by atoms with van der Waals surface area (Å²) in [6.07, 6.45) is 0.623. The van der Waals surface area contributed by atoms with Crippen molar-refractivity contribution in [2.75, 3.05) is 20.3 Å². The summed E-state index contributed by atoms with van der Waals surface area (Å²) >= 11 is 0. The second kappa shape index (κ2) is 5.82. The lowest BCUT2D eigenvalue weighted by Crippen LogP contribution is -2.22.